The summed E-state index contributed by atoms with van der Waals surface area (Å²) in [7, 11) is 0. The van der Waals surface area contributed by atoms with Gasteiger partial charge in [-0.3, -0.25) is 19.2 Å². The predicted molar refractivity (Wildman–Crippen MR) is 124 cm³/mol. The molecular formula is C27H38O7. The number of rotatable bonds is 4. The van der Waals surface area contributed by atoms with Crippen molar-refractivity contribution in [2.24, 2.45) is 39.4 Å². The van der Waals surface area contributed by atoms with Crippen LogP contribution in [0.25, 0.3) is 0 Å². The van der Waals surface area contributed by atoms with E-state index in [0.717, 1.165) is 0 Å². The van der Waals surface area contributed by atoms with Crippen LogP contribution in [0.1, 0.15) is 80.1 Å². The molecule has 188 valence electrons. The fourth-order valence-electron chi connectivity index (χ4n) is 8.48. The summed E-state index contributed by atoms with van der Waals surface area (Å²) in [6.07, 6.45) is -1.04. The van der Waals surface area contributed by atoms with E-state index < -0.39 is 45.6 Å². The van der Waals surface area contributed by atoms with Crippen LogP contribution in [0.15, 0.2) is 11.1 Å². The number of carboxylic acids is 1. The molecule has 0 aromatic rings. The number of carboxylic acid groups (broad SMARTS) is 1. The number of hydrogen-bond donors (Lipinski definition) is 3. The van der Waals surface area contributed by atoms with Gasteiger partial charge in [0.25, 0.3) is 0 Å². The first-order valence-corrected chi connectivity index (χ1v) is 12.5. The van der Waals surface area contributed by atoms with E-state index in [1.807, 2.05) is 27.7 Å². The SMILES string of the molecule is C[C@H](CCC(=O)O)[C@H]1CC(=O)[C@@]2(C)C3=C(C(=O)[C@@H](O)[C@]12C)[C@@]1(C)CCC(=O)C(C)(C)[C@H]1C[C@@H]3O. The Hall–Kier alpha value is -1.86. The molecule has 0 radical (unpaired) electrons. The molecule has 0 aromatic heterocycles. The summed E-state index contributed by atoms with van der Waals surface area (Å²) in [5, 5.41) is 32.2. The molecule has 3 N–H and O–H groups in total. The van der Waals surface area contributed by atoms with E-state index in [2.05, 4.69) is 0 Å². The second-order valence-electron chi connectivity index (χ2n) is 12.5. The van der Waals surface area contributed by atoms with Crippen molar-refractivity contribution in [2.75, 3.05) is 0 Å². The van der Waals surface area contributed by atoms with E-state index >= 15 is 0 Å². The third-order valence-electron chi connectivity index (χ3n) is 10.8. The smallest absolute Gasteiger partial charge is 0.303 e. The molecule has 0 spiro atoms. The maximum atomic E-state index is 14.0. The molecule has 7 heteroatoms. The van der Waals surface area contributed by atoms with Gasteiger partial charge in [0.05, 0.1) is 11.5 Å². The maximum absolute atomic E-state index is 14.0. The molecule has 4 aliphatic carbocycles. The molecule has 0 unspecified atom stereocenters. The van der Waals surface area contributed by atoms with Crippen molar-refractivity contribution in [3.05, 3.63) is 11.1 Å². The third-order valence-corrected chi connectivity index (χ3v) is 10.8. The summed E-state index contributed by atoms with van der Waals surface area (Å²) in [6, 6.07) is 0. The zero-order valence-corrected chi connectivity index (χ0v) is 21.1. The number of aliphatic hydroxyl groups is 2. The van der Waals surface area contributed by atoms with Crippen LogP contribution in [0.2, 0.25) is 0 Å². The topological polar surface area (TPSA) is 129 Å². The maximum Gasteiger partial charge on any atom is 0.303 e. The molecule has 0 aromatic carbocycles. The van der Waals surface area contributed by atoms with Gasteiger partial charge in [0.15, 0.2) is 5.78 Å². The number of ketones is 3. The van der Waals surface area contributed by atoms with Gasteiger partial charge in [-0.15, -0.1) is 0 Å². The molecular weight excluding hydrogens is 436 g/mol. The lowest BCUT2D eigenvalue weighted by Gasteiger charge is -2.61. The van der Waals surface area contributed by atoms with Gasteiger partial charge in [0, 0.05) is 41.1 Å². The molecule has 0 amide bonds. The monoisotopic (exact) mass is 474 g/mol. The minimum Gasteiger partial charge on any atom is -0.481 e. The van der Waals surface area contributed by atoms with Gasteiger partial charge in [-0.05, 0) is 49.5 Å². The zero-order valence-electron chi connectivity index (χ0n) is 21.1. The largest absolute Gasteiger partial charge is 0.481 e. The van der Waals surface area contributed by atoms with E-state index in [-0.39, 0.29) is 48.6 Å². The highest BCUT2D eigenvalue weighted by atomic mass is 16.4. The Kier molecular flexibility index (Phi) is 5.62. The second kappa shape index (κ2) is 7.57. The van der Waals surface area contributed by atoms with Gasteiger partial charge >= 0.3 is 5.97 Å². The Morgan fingerprint density at radius 1 is 1.06 bits per heavy atom. The lowest BCUT2D eigenvalue weighted by atomic mass is 9.42. The van der Waals surface area contributed by atoms with Gasteiger partial charge in [-0.2, -0.15) is 0 Å². The third kappa shape index (κ3) is 2.89. The average Bonchev–Trinajstić information content (AvgIpc) is 2.97. The fraction of sp³-hybridized carbons (Fsp3) is 0.778. The number of fused-ring (bicyclic) bond motifs is 4. The summed E-state index contributed by atoms with van der Waals surface area (Å²) >= 11 is 0. The van der Waals surface area contributed by atoms with Gasteiger partial charge in [-0.25, -0.2) is 0 Å². The number of aliphatic hydroxyl groups excluding tert-OH is 2. The average molecular weight is 475 g/mol. The first-order chi connectivity index (χ1) is 15.6. The molecule has 2 saturated carbocycles. The van der Waals surface area contributed by atoms with Gasteiger partial charge in [0.1, 0.15) is 17.7 Å². The second-order valence-corrected chi connectivity index (χ2v) is 12.5. The van der Waals surface area contributed by atoms with Crippen molar-refractivity contribution in [1.29, 1.82) is 0 Å². The normalized spacial score (nSPS) is 44.4. The Morgan fingerprint density at radius 2 is 1.68 bits per heavy atom. The molecule has 0 saturated heterocycles. The highest BCUT2D eigenvalue weighted by Crippen LogP contribution is 2.70. The van der Waals surface area contributed by atoms with E-state index in [0.29, 0.717) is 30.4 Å². The van der Waals surface area contributed by atoms with Crippen LogP contribution in [0, 0.1) is 39.4 Å². The van der Waals surface area contributed by atoms with Crippen molar-refractivity contribution in [1.82, 2.24) is 0 Å². The minimum absolute atomic E-state index is 0.0534. The van der Waals surface area contributed by atoms with E-state index in [1.54, 1.807) is 13.8 Å². The van der Waals surface area contributed by atoms with Crippen molar-refractivity contribution in [2.45, 2.75) is 92.3 Å². The molecule has 0 aliphatic heterocycles. The Bertz CT molecular complexity index is 1010. The summed E-state index contributed by atoms with van der Waals surface area (Å²) in [6.45, 7) is 11.1. The molecule has 0 heterocycles. The van der Waals surface area contributed by atoms with Gasteiger partial charge < -0.3 is 15.3 Å². The summed E-state index contributed by atoms with van der Waals surface area (Å²) < 4.78 is 0. The van der Waals surface area contributed by atoms with Crippen LogP contribution in [-0.2, 0) is 19.2 Å². The summed E-state index contributed by atoms with van der Waals surface area (Å²) in [5.74, 6) is -2.25. The van der Waals surface area contributed by atoms with Gasteiger partial charge in [-0.1, -0.05) is 34.6 Å². The Morgan fingerprint density at radius 3 is 2.26 bits per heavy atom. The molecule has 34 heavy (non-hydrogen) atoms. The molecule has 8 atom stereocenters. The van der Waals surface area contributed by atoms with Crippen LogP contribution in [-0.4, -0.2) is 50.8 Å². The quantitative estimate of drug-likeness (QED) is 0.571. The highest BCUT2D eigenvalue weighted by molar-refractivity contribution is 6.08. The van der Waals surface area contributed by atoms with Crippen molar-refractivity contribution < 1.29 is 34.5 Å². The molecule has 4 rings (SSSR count). The van der Waals surface area contributed by atoms with E-state index in [4.69, 9.17) is 5.11 Å². The first-order valence-electron chi connectivity index (χ1n) is 12.5. The van der Waals surface area contributed by atoms with Crippen molar-refractivity contribution in [3.8, 4) is 0 Å². The summed E-state index contributed by atoms with van der Waals surface area (Å²) in [4.78, 5) is 51.7. The molecule has 2 fully saturated rings. The van der Waals surface area contributed by atoms with Crippen molar-refractivity contribution in [3.63, 3.8) is 0 Å². The number of carbonyl (C=O) groups excluding carboxylic acids is 3. The zero-order chi connectivity index (χ0) is 25.6. The van der Waals surface area contributed by atoms with Crippen LogP contribution in [0.4, 0.5) is 0 Å². The van der Waals surface area contributed by atoms with Crippen molar-refractivity contribution >= 4 is 23.3 Å². The van der Waals surface area contributed by atoms with Crippen LogP contribution in [0.3, 0.4) is 0 Å². The standard InChI is InChI=1S/C27H38O7/c1-13(7-8-19(31)32)14-11-18(30)27(6)20-15(28)12-16-24(2,3)17(29)9-10-25(16,4)21(20)22(33)23(34)26(14,27)5/h13-16,23,28,34H,7-12H2,1-6H3,(H,31,32)/t13-,14-,15+,16-,23-,25+,26+,27+/m1/s1. The summed E-state index contributed by atoms with van der Waals surface area (Å²) in [5.41, 5.74) is -3.04. The first kappa shape index (κ1) is 25.2. The van der Waals surface area contributed by atoms with Gasteiger partial charge in [0.2, 0.25) is 0 Å². The van der Waals surface area contributed by atoms with Crippen LogP contribution >= 0.6 is 0 Å². The van der Waals surface area contributed by atoms with Crippen LogP contribution < -0.4 is 0 Å². The fourth-order valence-corrected chi connectivity index (χ4v) is 8.48. The van der Waals surface area contributed by atoms with Crippen LogP contribution in [0.5, 0.6) is 0 Å². The Labute approximate surface area is 201 Å². The lowest BCUT2D eigenvalue weighted by Crippen LogP contribution is -2.64. The number of hydrogen-bond acceptors (Lipinski definition) is 6. The minimum atomic E-state index is -1.44. The molecule has 7 nitrogen and oxygen atoms in total. The number of carbonyl (C=O) groups is 4. The predicted octanol–water partition coefficient (Wildman–Crippen LogP) is 3.11. The number of aliphatic carboxylic acids is 1. The highest BCUT2D eigenvalue weighted by Gasteiger charge is 2.73. The van der Waals surface area contributed by atoms with E-state index in [9.17, 15) is 29.4 Å². The lowest BCUT2D eigenvalue weighted by molar-refractivity contribution is -0.158. The van der Waals surface area contributed by atoms with E-state index in [1.165, 1.54) is 0 Å². The Balaban J connectivity index is 1.91. The molecule has 4 aliphatic rings. The molecule has 0 bridgehead atoms. The number of Topliss-reactive ketones (excluding diaryl/α,β-unsaturated/α-hetero) is 3.